The molecule has 0 atom stereocenters. The molecular weight excluding hydrogens is 261 g/mol. The van der Waals surface area contributed by atoms with Crippen LogP contribution < -0.4 is 5.32 Å². The van der Waals surface area contributed by atoms with Gasteiger partial charge in [0.25, 0.3) is 0 Å². The van der Waals surface area contributed by atoms with E-state index < -0.39 is 11.7 Å². The molecule has 0 bridgehead atoms. The molecule has 0 radical (unpaired) electrons. The van der Waals surface area contributed by atoms with Crippen molar-refractivity contribution >= 4 is 17.0 Å². The number of anilines is 1. The fourth-order valence-corrected chi connectivity index (χ4v) is 2.10. The Labute approximate surface area is 106 Å². The van der Waals surface area contributed by atoms with Gasteiger partial charge in [-0.15, -0.1) is 11.3 Å². The van der Waals surface area contributed by atoms with Crippen molar-refractivity contribution < 1.29 is 13.2 Å². The van der Waals surface area contributed by atoms with Crippen LogP contribution in [0.25, 0.3) is 0 Å². The Bertz CT molecular complexity index is 534. The van der Waals surface area contributed by atoms with Crippen LogP contribution in [0.4, 0.5) is 18.9 Å². The van der Waals surface area contributed by atoms with Crippen LogP contribution in [0.2, 0.25) is 0 Å². The third kappa shape index (κ3) is 3.22. The lowest BCUT2D eigenvalue weighted by atomic mass is 10.2. The van der Waals surface area contributed by atoms with Crippen LogP contribution in [0.3, 0.4) is 0 Å². The normalized spacial score (nSPS) is 11.6. The number of nitrogens with zero attached hydrogens (tertiary/aromatic N) is 1. The lowest BCUT2D eigenvalue weighted by Gasteiger charge is -2.09. The van der Waals surface area contributed by atoms with Crippen LogP contribution in [0.15, 0.2) is 29.6 Å². The lowest BCUT2D eigenvalue weighted by molar-refractivity contribution is -0.137. The van der Waals surface area contributed by atoms with Crippen LogP contribution in [0.1, 0.15) is 16.3 Å². The molecule has 0 unspecified atom stereocenters. The molecule has 18 heavy (non-hydrogen) atoms. The molecule has 0 fully saturated rings. The van der Waals surface area contributed by atoms with Gasteiger partial charge >= 0.3 is 6.18 Å². The lowest BCUT2D eigenvalue weighted by Crippen LogP contribution is -2.06. The molecule has 0 saturated heterocycles. The number of alkyl halides is 3. The van der Waals surface area contributed by atoms with Crippen molar-refractivity contribution in [1.29, 1.82) is 0 Å². The Morgan fingerprint density at radius 1 is 1.33 bits per heavy atom. The van der Waals surface area contributed by atoms with Gasteiger partial charge in [-0.2, -0.15) is 13.2 Å². The summed E-state index contributed by atoms with van der Waals surface area (Å²) >= 11 is 1.52. The second kappa shape index (κ2) is 4.97. The van der Waals surface area contributed by atoms with Crippen LogP contribution in [-0.2, 0) is 12.7 Å². The van der Waals surface area contributed by atoms with Crippen molar-refractivity contribution in [1.82, 2.24) is 4.98 Å². The molecular formula is C12H11F3N2S. The number of aryl methyl sites for hydroxylation is 1. The van der Waals surface area contributed by atoms with Crippen molar-refractivity contribution in [3.05, 3.63) is 45.9 Å². The summed E-state index contributed by atoms with van der Waals surface area (Å²) in [5, 5.41) is 5.76. The number of hydrogen-bond donors (Lipinski definition) is 1. The highest BCUT2D eigenvalue weighted by atomic mass is 32.1. The van der Waals surface area contributed by atoms with E-state index in [4.69, 9.17) is 0 Å². The van der Waals surface area contributed by atoms with Gasteiger partial charge in [0.2, 0.25) is 0 Å². The third-order valence-electron chi connectivity index (χ3n) is 2.33. The minimum atomic E-state index is -4.31. The highest BCUT2D eigenvalue weighted by Gasteiger charge is 2.30. The van der Waals surface area contributed by atoms with Gasteiger partial charge in [0.05, 0.1) is 22.8 Å². The predicted octanol–water partition coefficient (Wildman–Crippen LogP) is 4.08. The van der Waals surface area contributed by atoms with Gasteiger partial charge in [-0.25, -0.2) is 4.98 Å². The number of halogens is 3. The maximum atomic E-state index is 12.5. The Balaban J connectivity index is 2.06. The van der Waals surface area contributed by atoms with Crippen molar-refractivity contribution in [3.8, 4) is 0 Å². The van der Waals surface area contributed by atoms with Crippen molar-refractivity contribution in [2.24, 2.45) is 0 Å². The molecule has 2 aromatic rings. The summed E-state index contributed by atoms with van der Waals surface area (Å²) in [7, 11) is 0. The highest BCUT2D eigenvalue weighted by Crippen LogP contribution is 2.30. The number of nitrogens with one attached hydrogen (secondary N) is 1. The average molecular weight is 272 g/mol. The highest BCUT2D eigenvalue weighted by molar-refractivity contribution is 7.09. The third-order valence-corrected chi connectivity index (χ3v) is 3.15. The molecule has 0 aliphatic carbocycles. The summed E-state index contributed by atoms with van der Waals surface area (Å²) < 4.78 is 37.5. The van der Waals surface area contributed by atoms with E-state index in [2.05, 4.69) is 10.3 Å². The van der Waals surface area contributed by atoms with Crippen LogP contribution in [0, 0.1) is 6.92 Å². The van der Waals surface area contributed by atoms with E-state index in [0.29, 0.717) is 12.2 Å². The smallest absolute Gasteiger partial charge is 0.379 e. The molecule has 0 aliphatic heterocycles. The fraction of sp³-hybridized carbons (Fsp3) is 0.250. The molecule has 96 valence electrons. The molecule has 0 saturated carbocycles. The van der Waals surface area contributed by atoms with Gasteiger partial charge in [0, 0.05) is 11.1 Å². The van der Waals surface area contributed by atoms with E-state index in [1.807, 2.05) is 12.3 Å². The first-order chi connectivity index (χ1) is 8.45. The molecule has 1 N–H and O–H groups in total. The van der Waals surface area contributed by atoms with E-state index >= 15 is 0 Å². The Kier molecular flexibility index (Phi) is 3.56. The Morgan fingerprint density at radius 2 is 2.11 bits per heavy atom. The van der Waals surface area contributed by atoms with Gasteiger partial charge in [0.1, 0.15) is 0 Å². The second-order valence-electron chi connectivity index (χ2n) is 3.79. The number of aromatic nitrogens is 1. The van der Waals surface area contributed by atoms with Gasteiger partial charge in [0.15, 0.2) is 0 Å². The summed E-state index contributed by atoms with van der Waals surface area (Å²) in [5.74, 6) is 0. The molecule has 2 rings (SSSR count). The zero-order valence-corrected chi connectivity index (χ0v) is 10.4. The van der Waals surface area contributed by atoms with Crippen LogP contribution >= 0.6 is 11.3 Å². The molecule has 1 heterocycles. The van der Waals surface area contributed by atoms with Gasteiger partial charge < -0.3 is 5.32 Å². The molecule has 0 aliphatic rings. The predicted molar refractivity (Wildman–Crippen MR) is 65.6 cm³/mol. The van der Waals surface area contributed by atoms with E-state index in [1.165, 1.54) is 17.4 Å². The second-order valence-corrected chi connectivity index (χ2v) is 4.85. The van der Waals surface area contributed by atoms with Crippen molar-refractivity contribution in [3.63, 3.8) is 0 Å². The fourth-order valence-electron chi connectivity index (χ4n) is 1.49. The van der Waals surface area contributed by atoms with Crippen molar-refractivity contribution in [2.75, 3.05) is 5.32 Å². The number of hydrogen-bond acceptors (Lipinski definition) is 3. The average Bonchev–Trinajstić information content (AvgIpc) is 2.72. The van der Waals surface area contributed by atoms with E-state index in [9.17, 15) is 13.2 Å². The minimum absolute atomic E-state index is 0.422. The molecule has 6 heteroatoms. The molecule has 1 aromatic heterocycles. The minimum Gasteiger partial charge on any atom is -0.379 e. The zero-order valence-electron chi connectivity index (χ0n) is 9.58. The molecule has 0 spiro atoms. The SMILES string of the molecule is Cc1nc(CNc2cccc(C(F)(F)F)c2)cs1. The number of benzene rings is 1. The Morgan fingerprint density at radius 3 is 2.72 bits per heavy atom. The standard InChI is InChI=1S/C12H11F3N2S/c1-8-17-11(7-18-8)6-16-10-4-2-3-9(5-10)12(13,14)15/h2-5,7,16H,6H2,1H3. The molecule has 2 nitrogen and oxygen atoms in total. The van der Waals surface area contributed by atoms with E-state index in [1.54, 1.807) is 6.07 Å². The summed E-state index contributed by atoms with van der Waals surface area (Å²) in [4.78, 5) is 4.23. The van der Waals surface area contributed by atoms with Crippen LogP contribution in [0.5, 0.6) is 0 Å². The van der Waals surface area contributed by atoms with Crippen LogP contribution in [-0.4, -0.2) is 4.98 Å². The topological polar surface area (TPSA) is 24.9 Å². The maximum absolute atomic E-state index is 12.5. The monoisotopic (exact) mass is 272 g/mol. The number of thiazole rings is 1. The Hall–Kier alpha value is -1.56. The summed E-state index contributed by atoms with van der Waals surface area (Å²) in [6, 6.07) is 5.14. The first-order valence-electron chi connectivity index (χ1n) is 5.27. The maximum Gasteiger partial charge on any atom is 0.416 e. The first kappa shape index (κ1) is 12.9. The van der Waals surface area contributed by atoms with E-state index in [-0.39, 0.29) is 0 Å². The quantitative estimate of drug-likeness (QED) is 0.910. The van der Waals surface area contributed by atoms with Gasteiger partial charge in [-0.05, 0) is 25.1 Å². The molecule has 1 aromatic carbocycles. The summed E-state index contributed by atoms with van der Waals surface area (Å²) in [6.45, 7) is 2.31. The summed E-state index contributed by atoms with van der Waals surface area (Å²) in [6.07, 6.45) is -4.31. The van der Waals surface area contributed by atoms with E-state index in [0.717, 1.165) is 22.8 Å². The van der Waals surface area contributed by atoms with Gasteiger partial charge in [-0.1, -0.05) is 6.07 Å². The van der Waals surface area contributed by atoms with Crippen molar-refractivity contribution in [2.45, 2.75) is 19.6 Å². The molecule has 0 amide bonds. The first-order valence-corrected chi connectivity index (χ1v) is 6.15. The van der Waals surface area contributed by atoms with Gasteiger partial charge in [-0.3, -0.25) is 0 Å². The zero-order chi connectivity index (χ0) is 13.2. The number of rotatable bonds is 3. The summed E-state index contributed by atoms with van der Waals surface area (Å²) in [5.41, 5.74) is 0.618. The largest absolute Gasteiger partial charge is 0.416 e.